The molecule has 2 aliphatic rings. The first-order valence-electron chi connectivity index (χ1n) is 11.4. The number of rotatable bonds is 9. The highest BCUT2D eigenvalue weighted by molar-refractivity contribution is 14.0. The van der Waals surface area contributed by atoms with E-state index in [9.17, 15) is 4.79 Å². The summed E-state index contributed by atoms with van der Waals surface area (Å²) >= 11 is 0. The molecule has 8 heteroatoms. The predicted molar refractivity (Wildman–Crippen MR) is 130 cm³/mol. The molecule has 0 aromatic carbocycles. The summed E-state index contributed by atoms with van der Waals surface area (Å²) in [5.41, 5.74) is 0. The highest BCUT2D eigenvalue weighted by Gasteiger charge is 2.24. The Hall–Kier alpha value is -0.770. The molecule has 29 heavy (non-hydrogen) atoms. The van der Waals surface area contributed by atoms with E-state index in [2.05, 4.69) is 22.5 Å². The summed E-state index contributed by atoms with van der Waals surface area (Å²) in [6, 6.07) is 0.363. The van der Waals surface area contributed by atoms with Crippen molar-refractivity contribution in [2.75, 3.05) is 52.4 Å². The molecule has 2 rings (SSSR count). The highest BCUT2D eigenvalue weighted by atomic mass is 127. The maximum atomic E-state index is 11.8. The number of guanidine groups is 1. The third-order valence-corrected chi connectivity index (χ3v) is 5.56. The number of nitrogens with zero attached hydrogens (tertiary/aromatic N) is 3. The zero-order chi connectivity index (χ0) is 20.0. The van der Waals surface area contributed by atoms with Gasteiger partial charge in [0.15, 0.2) is 5.96 Å². The molecule has 0 radical (unpaired) electrons. The summed E-state index contributed by atoms with van der Waals surface area (Å²) in [7, 11) is 0. The lowest BCUT2D eigenvalue weighted by Gasteiger charge is -2.32. The topological polar surface area (TPSA) is 69.2 Å². The maximum Gasteiger partial charge on any atom is 0.409 e. The summed E-state index contributed by atoms with van der Waals surface area (Å²) in [5, 5.41) is 6.90. The van der Waals surface area contributed by atoms with Crippen LogP contribution in [0.1, 0.15) is 65.2 Å². The van der Waals surface area contributed by atoms with Crippen molar-refractivity contribution in [1.82, 2.24) is 20.4 Å². The molecule has 7 nitrogen and oxygen atoms in total. The number of amides is 1. The van der Waals surface area contributed by atoms with Crippen LogP contribution in [0.5, 0.6) is 0 Å². The first-order valence-corrected chi connectivity index (χ1v) is 11.4. The summed E-state index contributed by atoms with van der Waals surface area (Å²) in [6.07, 6.45) is 9.51. The third-order valence-electron chi connectivity index (χ3n) is 5.56. The zero-order valence-corrected chi connectivity index (χ0v) is 20.8. The van der Waals surface area contributed by atoms with Crippen LogP contribution in [0.2, 0.25) is 0 Å². The number of unbranched alkanes of at least 4 members (excludes halogenated alkanes) is 2. The third kappa shape index (κ3) is 10.7. The van der Waals surface area contributed by atoms with Gasteiger partial charge in [0.05, 0.1) is 6.61 Å². The first kappa shape index (κ1) is 26.3. The molecule has 2 saturated heterocycles. The molecule has 0 atom stereocenters. The number of aliphatic imine (C=N–C) groups is 1. The van der Waals surface area contributed by atoms with Gasteiger partial charge in [0.25, 0.3) is 0 Å². The van der Waals surface area contributed by atoms with Gasteiger partial charge in [-0.25, -0.2) is 4.79 Å². The molecular weight excluding hydrogens is 481 g/mol. The van der Waals surface area contributed by atoms with E-state index < -0.39 is 0 Å². The van der Waals surface area contributed by atoms with E-state index in [1.165, 1.54) is 51.7 Å². The van der Waals surface area contributed by atoms with Crippen molar-refractivity contribution in [3.63, 3.8) is 0 Å². The average molecular weight is 524 g/mol. The molecule has 2 N–H and O–H groups in total. The minimum atomic E-state index is -0.189. The Morgan fingerprint density at radius 3 is 2.41 bits per heavy atom. The van der Waals surface area contributed by atoms with Crippen molar-refractivity contribution in [2.24, 2.45) is 4.99 Å². The van der Waals surface area contributed by atoms with Gasteiger partial charge in [-0.15, -0.1) is 24.0 Å². The van der Waals surface area contributed by atoms with Crippen LogP contribution in [0.15, 0.2) is 4.99 Å². The predicted octanol–water partition coefficient (Wildman–Crippen LogP) is 3.44. The summed E-state index contributed by atoms with van der Waals surface area (Å²) in [4.78, 5) is 21.0. The lowest BCUT2D eigenvalue weighted by molar-refractivity contribution is 0.0963. The van der Waals surface area contributed by atoms with Gasteiger partial charge in [0, 0.05) is 32.2 Å². The lowest BCUT2D eigenvalue weighted by atomic mass is 10.1. The Kier molecular flexibility index (Phi) is 14.5. The number of carbonyl (C=O) groups excluding carboxylic acids is 1. The molecule has 2 aliphatic heterocycles. The molecule has 0 bridgehead atoms. The second kappa shape index (κ2) is 16.0. The lowest BCUT2D eigenvalue weighted by Crippen LogP contribution is -2.49. The average Bonchev–Trinajstić information content (AvgIpc) is 2.72. The van der Waals surface area contributed by atoms with E-state index in [4.69, 9.17) is 9.73 Å². The molecule has 170 valence electrons. The maximum absolute atomic E-state index is 11.8. The van der Waals surface area contributed by atoms with Crippen LogP contribution in [0, 0.1) is 0 Å². The molecule has 1 amide bonds. The van der Waals surface area contributed by atoms with Gasteiger partial charge < -0.3 is 25.2 Å². The van der Waals surface area contributed by atoms with Gasteiger partial charge >= 0.3 is 6.09 Å². The van der Waals surface area contributed by atoms with Crippen molar-refractivity contribution in [3.8, 4) is 0 Å². The molecular formula is C21H42IN5O2. The number of hydrogen-bond donors (Lipinski definition) is 2. The number of hydrogen-bond acceptors (Lipinski definition) is 4. The smallest absolute Gasteiger partial charge is 0.409 e. The van der Waals surface area contributed by atoms with E-state index in [-0.39, 0.29) is 30.1 Å². The van der Waals surface area contributed by atoms with Gasteiger partial charge in [0.1, 0.15) is 0 Å². The molecule has 2 heterocycles. The monoisotopic (exact) mass is 523 g/mol. The number of piperidine rings is 2. The van der Waals surface area contributed by atoms with Crippen LogP contribution in [0.4, 0.5) is 4.79 Å². The largest absolute Gasteiger partial charge is 0.450 e. The Morgan fingerprint density at radius 1 is 1.03 bits per heavy atom. The Bertz CT molecular complexity index is 464. The Morgan fingerprint density at radius 2 is 1.76 bits per heavy atom. The second-order valence-corrected chi connectivity index (χ2v) is 7.83. The van der Waals surface area contributed by atoms with E-state index in [1.807, 2.05) is 6.92 Å². The fourth-order valence-electron chi connectivity index (χ4n) is 3.93. The molecule has 2 fully saturated rings. The van der Waals surface area contributed by atoms with Crippen LogP contribution in [-0.4, -0.2) is 80.3 Å². The van der Waals surface area contributed by atoms with Crippen molar-refractivity contribution < 1.29 is 9.53 Å². The quantitative estimate of drug-likeness (QED) is 0.210. The first-order chi connectivity index (χ1) is 13.7. The van der Waals surface area contributed by atoms with Crippen LogP contribution in [-0.2, 0) is 4.74 Å². The van der Waals surface area contributed by atoms with Crippen LogP contribution in [0.25, 0.3) is 0 Å². The minimum Gasteiger partial charge on any atom is -0.450 e. The number of halogens is 1. The fourth-order valence-corrected chi connectivity index (χ4v) is 3.93. The number of nitrogens with one attached hydrogen (secondary N) is 2. The zero-order valence-electron chi connectivity index (χ0n) is 18.5. The number of carbonyl (C=O) groups is 1. The molecule has 0 unspecified atom stereocenters. The van der Waals surface area contributed by atoms with E-state index in [1.54, 1.807) is 4.90 Å². The standard InChI is InChI=1S/C21H41N5O2.HI/c1-3-22-20(23-13-7-5-8-14-25-15-9-6-10-16-25)24-19-11-17-26(18-12-19)21(27)28-4-2;/h19H,3-18H2,1-2H3,(H2,22,23,24);1H. The molecule has 0 aliphatic carbocycles. The van der Waals surface area contributed by atoms with Crippen molar-refractivity contribution in [3.05, 3.63) is 0 Å². The number of likely N-dealkylation sites (tertiary alicyclic amines) is 2. The van der Waals surface area contributed by atoms with Crippen molar-refractivity contribution >= 4 is 36.0 Å². The van der Waals surface area contributed by atoms with Crippen LogP contribution >= 0.6 is 24.0 Å². The van der Waals surface area contributed by atoms with Crippen molar-refractivity contribution in [2.45, 2.75) is 71.3 Å². The Balaban J connectivity index is 0.00000420. The summed E-state index contributed by atoms with van der Waals surface area (Å²) in [5.74, 6) is 0.910. The minimum absolute atomic E-state index is 0. The van der Waals surface area contributed by atoms with Gasteiger partial charge in [-0.1, -0.05) is 12.8 Å². The molecule has 0 aromatic heterocycles. The van der Waals surface area contributed by atoms with Gasteiger partial charge in [0.2, 0.25) is 0 Å². The second-order valence-electron chi connectivity index (χ2n) is 7.83. The summed E-state index contributed by atoms with van der Waals surface area (Å²) in [6.45, 7) is 11.4. The molecule has 0 spiro atoms. The van der Waals surface area contributed by atoms with Crippen LogP contribution < -0.4 is 10.6 Å². The normalized spacial score (nSPS) is 18.8. The van der Waals surface area contributed by atoms with Gasteiger partial charge in [-0.2, -0.15) is 0 Å². The van der Waals surface area contributed by atoms with Crippen molar-refractivity contribution in [1.29, 1.82) is 0 Å². The molecule has 0 saturated carbocycles. The highest BCUT2D eigenvalue weighted by Crippen LogP contribution is 2.12. The fraction of sp³-hybridized carbons (Fsp3) is 0.905. The number of ether oxygens (including phenoxy) is 1. The van der Waals surface area contributed by atoms with Gasteiger partial charge in [-0.05, 0) is 72.0 Å². The summed E-state index contributed by atoms with van der Waals surface area (Å²) < 4.78 is 5.09. The van der Waals surface area contributed by atoms with E-state index in [0.717, 1.165) is 51.4 Å². The van der Waals surface area contributed by atoms with Crippen LogP contribution in [0.3, 0.4) is 0 Å². The van der Waals surface area contributed by atoms with E-state index >= 15 is 0 Å². The SMILES string of the molecule is CCNC(=NCCCCCN1CCCCC1)NC1CCN(C(=O)OCC)CC1.I. The molecule has 0 aromatic rings. The Labute approximate surface area is 194 Å². The van der Waals surface area contributed by atoms with Gasteiger partial charge in [-0.3, -0.25) is 4.99 Å². The van der Waals surface area contributed by atoms with E-state index in [0.29, 0.717) is 12.6 Å².